The molecule has 3 N–H and O–H groups in total. The van der Waals surface area contributed by atoms with Gasteiger partial charge >= 0.3 is 0 Å². The van der Waals surface area contributed by atoms with E-state index in [-0.39, 0.29) is 0 Å². The second-order valence-corrected chi connectivity index (χ2v) is 2.17. The molecule has 0 aromatic carbocycles. The second kappa shape index (κ2) is 2.28. The maximum Gasteiger partial charge on any atom is 0.0908 e. The summed E-state index contributed by atoms with van der Waals surface area (Å²) >= 11 is 0. The molecule has 0 bridgehead atoms. The van der Waals surface area contributed by atoms with Crippen molar-refractivity contribution in [3.8, 4) is 0 Å². The van der Waals surface area contributed by atoms with Crippen LogP contribution in [0.15, 0.2) is 0 Å². The highest BCUT2D eigenvalue weighted by Gasteiger charge is 2.06. The highest BCUT2D eigenvalue weighted by Crippen LogP contribution is 1.74. The highest BCUT2D eigenvalue weighted by atomic mass is 15.0. The van der Waals surface area contributed by atoms with E-state index in [1.807, 2.05) is 0 Å². The maximum absolute atomic E-state index is 3.35. The molecular formula is C5H13N2+. The fraction of sp³-hybridized carbons (Fsp3) is 1.00. The molecule has 7 heavy (non-hydrogen) atoms. The van der Waals surface area contributed by atoms with Crippen molar-refractivity contribution in [1.29, 1.82) is 0 Å². The number of piperazine rings is 1. The van der Waals surface area contributed by atoms with Gasteiger partial charge in [0.15, 0.2) is 0 Å². The highest BCUT2D eigenvalue weighted by molar-refractivity contribution is 4.58. The first-order chi connectivity index (χ1) is 3.39. The van der Waals surface area contributed by atoms with Gasteiger partial charge < -0.3 is 10.6 Å². The molecular weight excluding hydrogens is 88.1 g/mol. The molecule has 1 heterocycles. The van der Waals surface area contributed by atoms with Crippen molar-refractivity contribution in [3.63, 3.8) is 0 Å². The first-order valence-corrected chi connectivity index (χ1v) is 2.94. The van der Waals surface area contributed by atoms with Crippen LogP contribution in [-0.2, 0) is 0 Å². The van der Waals surface area contributed by atoms with Gasteiger partial charge in [-0.15, -0.1) is 0 Å². The van der Waals surface area contributed by atoms with Gasteiger partial charge in [0, 0.05) is 6.54 Å². The van der Waals surface area contributed by atoms with Gasteiger partial charge in [-0.1, -0.05) is 0 Å². The lowest BCUT2D eigenvalue weighted by atomic mass is 10.3. The molecule has 1 fully saturated rings. The Morgan fingerprint density at radius 2 is 2.57 bits per heavy atom. The monoisotopic (exact) mass is 101 g/mol. The largest absolute Gasteiger partial charge is 0.344 e. The molecule has 1 saturated heterocycles. The zero-order chi connectivity index (χ0) is 5.11. The summed E-state index contributed by atoms with van der Waals surface area (Å²) in [5.74, 6) is 0. The van der Waals surface area contributed by atoms with Gasteiger partial charge in [-0.2, -0.15) is 0 Å². The van der Waals surface area contributed by atoms with Gasteiger partial charge in [0.05, 0.1) is 19.1 Å². The minimum absolute atomic E-state index is 0.730. The van der Waals surface area contributed by atoms with E-state index in [0.717, 1.165) is 6.04 Å². The predicted octanol–water partition coefficient (Wildman–Crippen LogP) is -1.46. The van der Waals surface area contributed by atoms with Crippen LogP contribution in [0.3, 0.4) is 0 Å². The zero-order valence-electron chi connectivity index (χ0n) is 4.78. The van der Waals surface area contributed by atoms with E-state index in [1.165, 1.54) is 19.6 Å². The van der Waals surface area contributed by atoms with Crippen molar-refractivity contribution in [2.24, 2.45) is 0 Å². The lowest BCUT2D eigenvalue weighted by molar-refractivity contribution is -0.662. The minimum Gasteiger partial charge on any atom is -0.344 e. The molecule has 1 atom stereocenters. The number of nitrogens with two attached hydrogens (primary N) is 1. The Kier molecular flexibility index (Phi) is 1.65. The fourth-order valence-electron chi connectivity index (χ4n) is 0.883. The quantitative estimate of drug-likeness (QED) is 0.383. The zero-order valence-corrected chi connectivity index (χ0v) is 4.78. The van der Waals surface area contributed by atoms with Gasteiger partial charge in [-0.25, -0.2) is 0 Å². The lowest BCUT2D eigenvalue weighted by Crippen LogP contribution is -2.91. The summed E-state index contributed by atoms with van der Waals surface area (Å²) in [6, 6.07) is 0.730. The van der Waals surface area contributed by atoms with Gasteiger partial charge in [0.2, 0.25) is 0 Å². The Bertz CT molecular complexity index is 48.0. The van der Waals surface area contributed by atoms with Crippen molar-refractivity contribution >= 4 is 0 Å². The molecule has 1 aliphatic heterocycles. The maximum atomic E-state index is 3.35. The number of quaternary nitrogens is 1. The van der Waals surface area contributed by atoms with Crippen molar-refractivity contribution in [2.45, 2.75) is 13.0 Å². The van der Waals surface area contributed by atoms with Crippen LogP contribution in [0.25, 0.3) is 0 Å². The summed E-state index contributed by atoms with van der Waals surface area (Å²) in [5, 5.41) is 5.70. The summed E-state index contributed by atoms with van der Waals surface area (Å²) in [6.07, 6.45) is 0. The summed E-state index contributed by atoms with van der Waals surface area (Å²) in [4.78, 5) is 0. The molecule has 42 valence electrons. The number of hydrogen-bond donors (Lipinski definition) is 2. The Hall–Kier alpha value is -0.0800. The van der Waals surface area contributed by atoms with Crippen molar-refractivity contribution in [2.75, 3.05) is 19.6 Å². The summed E-state index contributed by atoms with van der Waals surface area (Å²) in [5.41, 5.74) is 0. The molecule has 0 amide bonds. The lowest BCUT2D eigenvalue weighted by Gasteiger charge is -2.16. The summed E-state index contributed by atoms with van der Waals surface area (Å²) < 4.78 is 0. The molecule has 1 rings (SSSR count). The van der Waals surface area contributed by atoms with Crippen molar-refractivity contribution in [3.05, 3.63) is 0 Å². The van der Waals surface area contributed by atoms with Crippen LogP contribution in [0.4, 0.5) is 0 Å². The molecule has 0 spiro atoms. The van der Waals surface area contributed by atoms with Crippen LogP contribution < -0.4 is 10.6 Å². The van der Waals surface area contributed by atoms with Crippen molar-refractivity contribution in [1.82, 2.24) is 5.32 Å². The minimum atomic E-state index is 0.730. The van der Waals surface area contributed by atoms with Gasteiger partial charge in [-0.3, -0.25) is 0 Å². The van der Waals surface area contributed by atoms with Crippen LogP contribution in [0.2, 0.25) is 0 Å². The van der Waals surface area contributed by atoms with Crippen molar-refractivity contribution < 1.29 is 5.32 Å². The second-order valence-electron chi connectivity index (χ2n) is 2.17. The number of rotatable bonds is 0. The van der Waals surface area contributed by atoms with E-state index in [9.17, 15) is 0 Å². The summed E-state index contributed by atoms with van der Waals surface area (Å²) in [6.45, 7) is 5.90. The Morgan fingerprint density at radius 1 is 1.71 bits per heavy atom. The van der Waals surface area contributed by atoms with E-state index in [4.69, 9.17) is 0 Å². The topological polar surface area (TPSA) is 28.6 Å². The molecule has 0 aromatic heterocycles. The van der Waals surface area contributed by atoms with Gasteiger partial charge in [0.1, 0.15) is 0 Å². The van der Waals surface area contributed by atoms with Crippen LogP contribution in [0.5, 0.6) is 0 Å². The molecule has 1 unspecified atom stereocenters. The Morgan fingerprint density at radius 3 is 2.86 bits per heavy atom. The summed E-state index contributed by atoms with van der Waals surface area (Å²) in [7, 11) is 0. The van der Waals surface area contributed by atoms with E-state index in [1.54, 1.807) is 0 Å². The first-order valence-electron chi connectivity index (χ1n) is 2.94. The Balaban J connectivity index is 2.12. The smallest absolute Gasteiger partial charge is 0.0908 e. The SMILES string of the molecule is CC1C[NH2+]CCN1. The first kappa shape index (κ1) is 5.06. The van der Waals surface area contributed by atoms with E-state index in [2.05, 4.69) is 17.6 Å². The average Bonchev–Trinajstić information content (AvgIpc) is 1.69. The molecule has 0 radical (unpaired) electrons. The standard InChI is InChI=1S/C5H12N2/c1-5-4-6-2-3-7-5/h5-7H,2-4H2,1H3/p+1. The molecule has 0 saturated carbocycles. The molecule has 2 nitrogen and oxygen atoms in total. The van der Waals surface area contributed by atoms with Crippen LogP contribution in [0.1, 0.15) is 6.92 Å². The molecule has 0 aromatic rings. The average molecular weight is 101 g/mol. The normalized spacial score (nSPS) is 33.0. The predicted molar refractivity (Wildman–Crippen MR) is 29.1 cm³/mol. The van der Waals surface area contributed by atoms with Gasteiger partial charge in [0.25, 0.3) is 0 Å². The van der Waals surface area contributed by atoms with E-state index >= 15 is 0 Å². The van der Waals surface area contributed by atoms with E-state index < -0.39 is 0 Å². The van der Waals surface area contributed by atoms with Crippen LogP contribution >= 0.6 is 0 Å². The third-order valence-corrected chi connectivity index (χ3v) is 1.36. The van der Waals surface area contributed by atoms with Gasteiger partial charge in [-0.05, 0) is 6.92 Å². The Labute approximate surface area is 44.3 Å². The number of hydrogen-bond acceptors (Lipinski definition) is 1. The molecule has 1 aliphatic rings. The van der Waals surface area contributed by atoms with Crippen LogP contribution in [-0.4, -0.2) is 25.7 Å². The van der Waals surface area contributed by atoms with Crippen LogP contribution in [0, 0.1) is 0 Å². The third kappa shape index (κ3) is 1.45. The van der Waals surface area contributed by atoms with E-state index in [0.29, 0.717) is 0 Å². The fourth-order valence-corrected chi connectivity index (χ4v) is 0.883. The molecule has 0 aliphatic carbocycles. The number of nitrogens with one attached hydrogen (secondary N) is 1. The molecule has 2 heteroatoms. The third-order valence-electron chi connectivity index (χ3n) is 1.36.